The van der Waals surface area contributed by atoms with E-state index in [0.29, 0.717) is 56.6 Å². The predicted octanol–water partition coefficient (Wildman–Crippen LogP) is 8.09. The van der Waals surface area contributed by atoms with Crippen molar-refractivity contribution in [2.45, 2.75) is 111 Å². The monoisotopic (exact) mass is 532 g/mol. The summed E-state index contributed by atoms with van der Waals surface area (Å²) in [6.45, 7) is 16.6. The lowest BCUT2D eigenvalue weighted by Crippen LogP contribution is -2.51. The maximum absolute atomic E-state index is 6.30. The first-order chi connectivity index (χ1) is 18.3. The van der Waals surface area contributed by atoms with Crippen molar-refractivity contribution < 1.29 is 18.9 Å². The van der Waals surface area contributed by atoms with E-state index in [1.54, 1.807) is 12.7 Å². The van der Waals surface area contributed by atoms with E-state index in [2.05, 4.69) is 40.7 Å². The van der Waals surface area contributed by atoms with Gasteiger partial charge in [0.15, 0.2) is 0 Å². The quantitative estimate of drug-likeness (QED) is 0.158. The Hall–Kier alpha value is -0.420. The van der Waals surface area contributed by atoms with Gasteiger partial charge >= 0.3 is 0 Å². The molecule has 0 saturated heterocycles. The molecule has 0 aliphatic heterocycles. The van der Waals surface area contributed by atoms with Gasteiger partial charge in [0.2, 0.25) is 0 Å². The van der Waals surface area contributed by atoms with Crippen LogP contribution in [0.4, 0.5) is 0 Å². The SMILES string of the molecule is COCCOCCOCCOC1CCC2(C)C(=CCC3C2CCC2(C)C(C(C)CCCC(C)C)CCC32)C1. The van der Waals surface area contributed by atoms with Crippen LogP contribution in [-0.4, -0.2) is 52.9 Å². The summed E-state index contributed by atoms with van der Waals surface area (Å²) in [5.41, 5.74) is 2.71. The lowest BCUT2D eigenvalue weighted by Gasteiger charge is -2.58. The summed E-state index contributed by atoms with van der Waals surface area (Å²) in [7, 11) is 1.69. The van der Waals surface area contributed by atoms with Gasteiger partial charge in [-0.3, -0.25) is 0 Å². The van der Waals surface area contributed by atoms with Crippen LogP contribution in [-0.2, 0) is 18.9 Å². The van der Waals surface area contributed by atoms with Crippen molar-refractivity contribution in [1.29, 1.82) is 0 Å². The van der Waals surface area contributed by atoms with Crippen LogP contribution < -0.4 is 0 Å². The van der Waals surface area contributed by atoms with Gasteiger partial charge in [0.1, 0.15) is 0 Å². The smallest absolute Gasteiger partial charge is 0.0704 e. The number of hydrogen-bond donors (Lipinski definition) is 0. The van der Waals surface area contributed by atoms with Gasteiger partial charge in [-0.05, 0) is 97.7 Å². The summed E-state index contributed by atoms with van der Waals surface area (Å²) in [4.78, 5) is 0. The van der Waals surface area contributed by atoms with Crippen molar-refractivity contribution in [2.24, 2.45) is 46.3 Å². The van der Waals surface area contributed by atoms with Crippen LogP contribution in [0.2, 0.25) is 0 Å². The highest BCUT2D eigenvalue weighted by Crippen LogP contribution is 2.67. The van der Waals surface area contributed by atoms with Crippen LogP contribution in [0.15, 0.2) is 11.6 Å². The van der Waals surface area contributed by atoms with E-state index >= 15 is 0 Å². The Kier molecular flexibility index (Phi) is 11.2. The topological polar surface area (TPSA) is 36.9 Å². The highest BCUT2D eigenvalue weighted by Gasteiger charge is 2.59. The van der Waals surface area contributed by atoms with Crippen LogP contribution in [0.5, 0.6) is 0 Å². The molecule has 0 N–H and O–H groups in total. The summed E-state index contributed by atoms with van der Waals surface area (Å²) >= 11 is 0. The Morgan fingerprint density at radius 1 is 0.842 bits per heavy atom. The average molecular weight is 533 g/mol. The molecule has 0 amide bonds. The van der Waals surface area contributed by atoms with Crippen molar-refractivity contribution in [2.75, 3.05) is 46.8 Å². The summed E-state index contributed by atoms with van der Waals surface area (Å²) in [6.07, 6.45) is 18.2. The summed E-state index contributed by atoms with van der Waals surface area (Å²) in [5.74, 6) is 5.43. The standard InChI is InChI=1S/C34H60O4/c1-25(2)8-7-9-26(3)30-12-13-31-29-11-10-27-24-28(38-23-22-37-21-20-36-19-18-35-6)14-16-33(27,4)32(29)15-17-34(30,31)5/h10,25-26,28-32H,7-9,11-24H2,1-6H3. The van der Waals surface area contributed by atoms with E-state index in [1.165, 1.54) is 64.2 Å². The van der Waals surface area contributed by atoms with Crippen molar-refractivity contribution >= 4 is 0 Å². The number of ether oxygens (including phenoxy) is 4. The molecule has 0 radical (unpaired) electrons. The molecule has 4 heteroatoms. The second-order valence-corrected chi connectivity index (χ2v) is 14.2. The van der Waals surface area contributed by atoms with Gasteiger partial charge in [-0.1, -0.05) is 65.5 Å². The molecule has 0 heterocycles. The van der Waals surface area contributed by atoms with Gasteiger partial charge < -0.3 is 18.9 Å². The maximum Gasteiger partial charge on any atom is 0.0704 e. The van der Waals surface area contributed by atoms with Gasteiger partial charge in [-0.25, -0.2) is 0 Å². The molecule has 0 aromatic rings. The molecule has 38 heavy (non-hydrogen) atoms. The minimum atomic E-state index is 0.365. The number of allylic oxidation sites excluding steroid dienone is 1. The molecule has 3 saturated carbocycles. The second kappa shape index (κ2) is 14.0. The first-order valence-corrected chi connectivity index (χ1v) is 16.2. The normalized spacial score (nSPS) is 37.4. The highest BCUT2D eigenvalue weighted by molar-refractivity contribution is 5.25. The second-order valence-electron chi connectivity index (χ2n) is 14.2. The highest BCUT2D eigenvalue weighted by atomic mass is 16.6. The minimum absolute atomic E-state index is 0.365. The average Bonchev–Trinajstić information content (AvgIpc) is 3.25. The van der Waals surface area contributed by atoms with Gasteiger partial charge in [0.05, 0.1) is 45.7 Å². The zero-order valence-corrected chi connectivity index (χ0v) is 25.8. The summed E-state index contributed by atoms with van der Waals surface area (Å²) in [6, 6.07) is 0. The van der Waals surface area contributed by atoms with Crippen LogP contribution in [0.25, 0.3) is 0 Å². The van der Waals surface area contributed by atoms with Gasteiger partial charge in [0, 0.05) is 7.11 Å². The molecule has 220 valence electrons. The van der Waals surface area contributed by atoms with Gasteiger partial charge in [-0.2, -0.15) is 0 Å². The van der Waals surface area contributed by atoms with E-state index in [-0.39, 0.29) is 0 Å². The molecule has 4 rings (SSSR count). The third kappa shape index (κ3) is 6.89. The molecule has 4 nitrogen and oxygen atoms in total. The molecule has 4 aliphatic rings. The van der Waals surface area contributed by atoms with Gasteiger partial charge in [0.25, 0.3) is 0 Å². The van der Waals surface area contributed by atoms with Crippen LogP contribution in [0, 0.1) is 46.3 Å². The maximum atomic E-state index is 6.30. The van der Waals surface area contributed by atoms with E-state index in [1.807, 2.05) is 0 Å². The van der Waals surface area contributed by atoms with Crippen molar-refractivity contribution in [1.82, 2.24) is 0 Å². The molecule has 4 aliphatic carbocycles. The van der Waals surface area contributed by atoms with Crippen LogP contribution in [0.3, 0.4) is 0 Å². The van der Waals surface area contributed by atoms with Crippen LogP contribution >= 0.6 is 0 Å². The zero-order valence-electron chi connectivity index (χ0n) is 25.8. The first kappa shape index (κ1) is 30.5. The molecule has 0 spiro atoms. The molecular formula is C34H60O4. The molecular weight excluding hydrogens is 472 g/mol. The fourth-order valence-electron chi connectivity index (χ4n) is 9.53. The van der Waals surface area contributed by atoms with E-state index in [4.69, 9.17) is 18.9 Å². The first-order valence-electron chi connectivity index (χ1n) is 16.2. The number of methoxy groups -OCH3 is 1. The predicted molar refractivity (Wildman–Crippen MR) is 156 cm³/mol. The molecule has 8 atom stereocenters. The summed E-state index contributed by atoms with van der Waals surface area (Å²) in [5, 5.41) is 0. The number of rotatable bonds is 15. The third-order valence-electron chi connectivity index (χ3n) is 11.6. The fourth-order valence-corrected chi connectivity index (χ4v) is 9.53. The number of hydrogen-bond acceptors (Lipinski definition) is 4. The third-order valence-corrected chi connectivity index (χ3v) is 11.6. The lowest BCUT2D eigenvalue weighted by molar-refractivity contribution is -0.0690. The van der Waals surface area contributed by atoms with Crippen molar-refractivity contribution in [3.63, 3.8) is 0 Å². The Morgan fingerprint density at radius 2 is 1.58 bits per heavy atom. The lowest BCUT2D eigenvalue weighted by atomic mass is 9.47. The van der Waals surface area contributed by atoms with E-state index in [0.717, 1.165) is 41.9 Å². The fraction of sp³-hybridized carbons (Fsp3) is 0.941. The molecule has 0 bridgehead atoms. The zero-order chi connectivity index (χ0) is 27.2. The Balaban J connectivity index is 1.26. The van der Waals surface area contributed by atoms with E-state index < -0.39 is 0 Å². The van der Waals surface area contributed by atoms with Crippen molar-refractivity contribution in [3.8, 4) is 0 Å². The minimum Gasteiger partial charge on any atom is -0.382 e. The van der Waals surface area contributed by atoms with Crippen LogP contribution in [0.1, 0.15) is 105 Å². The van der Waals surface area contributed by atoms with Gasteiger partial charge in [-0.15, -0.1) is 0 Å². The summed E-state index contributed by atoms with van der Waals surface area (Å²) < 4.78 is 22.5. The van der Waals surface area contributed by atoms with E-state index in [9.17, 15) is 0 Å². The van der Waals surface area contributed by atoms with Crippen molar-refractivity contribution in [3.05, 3.63) is 11.6 Å². The Labute approximate surface area is 235 Å². The molecule has 8 unspecified atom stereocenters. The Morgan fingerprint density at radius 3 is 2.32 bits per heavy atom. The largest absolute Gasteiger partial charge is 0.382 e. The molecule has 0 aromatic heterocycles. The molecule has 3 fully saturated rings. The molecule has 0 aromatic carbocycles. The number of fused-ring (bicyclic) bond motifs is 5. The Bertz CT molecular complexity index is 749.